The second-order valence-electron chi connectivity index (χ2n) is 4.12. The van der Waals surface area contributed by atoms with Crippen LogP contribution in [0.2, 0.25) is 0 Å². The third-order valence-corrected chi connectivity index (χ3v) is 2.06. The molecule has 0 aliphatic carbocycles. The molecule has 0 aliphatic heterocycles. The van der Waals surface area contributed by atoms with Gasteiger partial charge in [0.25, 0.3) is 0 Å². The Hall–Kier alpha value is -1.05. The Morgan fingerprint density at radius 1 is 1.40 bits per heavy atom. The van der Waals surface area contributed by atoms with Gasteiger partial charge in [-0.3, -0.25) is 4.79 Å². The second kappa shape index (κ2) is 7.27. The van der Waals surface area contributed by atoms with E-state index in [0.717, 1.165) is 19.3 Å². The molecule has 0 bridgehead atoms. The fourth-order valence-corrected chi connectivity index (χ4v) is 1.17. The summed E-state index contributed by atoms with van der Waals surface area (Å²) < 4.78 is 5.30. The maximum Gasteiger partial charge on any atom is 0.306 e. The zero-order valence-corrected chi connectivity index (χ0v) is 10.1. The first-order valence-corrected chi connectivity index (χ1v) is 5.49. The summed E-state index contributed by atoms with van der Waals surface area (Å²) in [7, 11) is 0. The third-order valence-electron chi connectivity index (χ3n) is 2.06. The summed E-state index contributed by atoms with van der Waals surface area (Å²) in [5.74, 6) is -0.130. The molecule has 0 aliphatic rings. The van der Waals surface area contributed by atoms with E-state index in [9.17, 15) is 4.79 Å². The van der Waals surface area contributed by atoms with Gasteiger partial charge in [0.2, 0.25) is 0 Å². The van der Waals surface area contributed by atoms with Gasteiger partial charge in [0.1, 0.15) is 5.60 Å². The highest BCUT2D eigenvalue weighted by Gasteiger charge is 2.20. The standard InChI is InChI=1S/C13H22O2/c1-5-7-8-9-10-11-13(3,4)15-12(14)6-2/h5,8-9H,1,6-7,10-11H2,2-4H3/b9-8+. The van der Waals surface area contributed by atoms with Crippen molar-refractivity contribution in [1.29, 1.82) is 0 Å². The molecule has 0 saturated heterocycles. The summed E-state index contributed by atoms with van der Waals surface area (Å²) in [4.78, 5) is 11.1. The Morgan fingerprint density at radius 3 is 2.60 bits per heavy atom. The van der Waals surface area contributed by atoms with Crippen molar-refractivity contribution in [3.63, 3.8) is 0 Å². The fourth-order valence-electron chi connectivity index (χ4n) is 1.17. The lowest BCUT2D eigenvalue weighted by Gasteiger charge is -2.24. The van der Waals surface area contributed by atoms with Gasteiger partial charge in [-0.05, 0) is 33.1 Å². The first-order chi connectivity index (χ1) is 7.02. The number of rotatable bonds is 7. The topological polar surface area (TPSA) is 26.3 Å². The van der Waals surface area contributed by atoms with Crippen LogP contribution in [0, 0.1) is 0 Å². The molecular formula is C13H22O2. The quantitative estimate of drug-likeness (QED) is 0.474. The van der Waals surface area contributed by atoms with Crippen LogP contribution < -0.4 is 0 Å². The lowest BCUT2D eigenvalue weighted by Crippen LogP contribution is -2.27. The molecule has 0 amide bonds. The minimum Gasteiger partial charge on any atom is -0.460 e. The molecule has 0 aromatic rings. The molecule has 2 nitrogen and oxygen atoms in total. The number of allylic oxidation sites excluding steroid dienone is 3. The number of esters is 1. The molecule has 0 saturated carbocycles. The van der Waals surface area contributed by atoms with Crippen LogP contribution in [0.4, 0.5) is 0 Å². The summed E-state index contributed by atoms with van der Waals surface area (Å²) in [6.07, 6.45) is 9.15. The van der Waals surface area contributed by atoms with Gasteiger partial charge in [-0.2, -0.15) is 0 Å². The largest absolute Gasteiger partial charge is 0.460 e. The number of ether oxygens (including phenoxy) is 1. The van der Waals surface area contributed by atoms with Crippen molar-refractivity contribution in [3.05, 3.63) is 24.8 Å². The molecular weight excluding hydrogens is 188 g/mol. The molecule has 0 N–H and O–H groups in total. The zero-order valence-electron chi connectivity index (χ0n) is 10.1. The smallest absolute Gasteiger partial charge is 0.306 e. The molecule has 2 heteroatoms. The van der Waals surface area contributed by atoms with Gasteiger partial charge in [-0.15, -0.1) is 6.58 Å². The Morgan fingerprint density at radius 2 is 2.07 bits per heavy atom. The van der Waals surface area contributed by atoms with E-state index in [1.54, 1.807) is 0 Å². The van der Waals surface area contributed by atoms with Crippen molar-refractivity contribution >= 4 is 5.97 Å². The normalized spacial score (nSPS) is 11.7. The first-order valence-electron chi connectivity index (χ1n) is 5.49. The van der Waals surface area contributed by atoms with E-state index in [1.807, 2.05) is 26.8 Å². The van der Waals surface area contributed by atoms with Gasteiger partial charge >= 0.3 is 5.97 Å². The Bertz CT molecular complexity index is 227. The van der Waals surface area contributed by atoms with E-state index < -0.39 is 0 Å². The molecule has 0 rings (SSSR count). The van der Waals surface area contributed by atoms with Gasteiger partial charge in [0.05, 0.1) is 0 Å². The van der Waals surface area contributed by atoms with Gasteiger partial charge in [-0.25, -0.2) is 0 Å². The van der Waals surface area contributed by atoms with Crippen LogP contribution >= 0.6 is 0 Å². The van der Waals surface area contributed by atoms with Crippen LogP contribution in [0.1, 0.15) is 46.5 Å². The van der Waals surface area contributed by atoms with Gasteiger partial charge in [0.15, 0.2) is 0 Å². The molecule has 86 valence electrons. The molecule has 0 radical (unpaired) electrons. The number of hydrogen-bond acceptors (Lipinski definition) is 2. The van der Waals surface area contributed by atoms with E-state index in [-0.39, 0.29) is 11.6 Å². The Kier molecular flexibility index (Phi) is 6.76. The Balaban J connectivity index is 3.82. The number of carbonyl (C=O) groups excluding carboxylic acids is 1. The highest BCUT2D eigenvalue weighted by molar-refractivity contribution is 5.69. The van der Waals surface area contributed by atoms with Crippen molar-refractivity contribution in [1.82, 2.24) is 0 Å². The van der Waals surface area contributed by atoms with Crippen LogP contribution in [0.3, 0.4) is 0 Å². The van der Waals surface area contributed by atoms with E-state index in [2.05, 4.69) is 18.7 Å². The van der Waals surface area contributed by atoms with E-state index in [1.165, 1.54) is 0 Å². The molecule has 15 heavy (non-hydrogen) atoms. The Labute approximate surface area is 93.0 Å². The molecule has 0 spiro atoms. The minimum atomic E-state index is -0.356. The van der Waals surface area contributed by atoms with Gasteiger partial charge in [0, 0.05) is 6.42 Å². The molecule has 0 atom stereocenters. The maximum atomic E-state index is 11.1. The van der Waals surface area contributed by atoms with E-state index in [4.69, 9.17) is 4.74 Å². The summed E-state index contributed by atoms with van der Waals surface area (Å²) in [5.41, 5.74) is -0.356. The van der Waals surface area contributed by atoms with Crippen molar-refractivity contribution in [3.8, 4) is 0 Å². The molecule has 0 unspecified atom stereocenters. The zero-order chi connectivity index (χ0) is 11.7. The van der Waals surface area contributed by atoms with E-state index in [0.29, 0.717) is 6.42 Å². The minimum absolute atomic E-state index is 0.130. The predicted molar refractivity (Wildman–Crippen MR) is 63.7 cm³/mol. The third kappa shape index (κ3) is 7.98. The van der Waals surface area contributed by atoms with Crippen LogP contribution in [0.25, 0.3) is 0 Å². The van der Waals surface area contributed by atoms with Crippen molar-refractivity contribution in [2.75, 3.05) is 0 Å². The average molecular weight is 210 g/mol. The maximum absolute atomic E-state index is 11.1. The summed E-state index contributed by atoms with van der Waals surface area (Å²) in [6.45, 7) is 9.34. The first kappa shape index (κ1) is 13.9. The van der Waals surface area contributed by atoms with Crippen LogP contribution in [0.15, 0.2) is 24.8 Å². The number of carbonyl (C=O) groups is 1. The van der Waals surface area contributed by atoms with Crippen molar-refractivity contribution in [2.45, 2.75) is 52.1 Å². The lowest BCUT2D eigenvalue weighted by molar-refractivity contribution is -0.156. The average Bonchev–Trinajstić information content (AvgIpc) is 2.16. The fraction of sp³-hybridized carbons (Fsp3) is 0.615. The molecule has 0 aromatic heterocycles. The van der Waals surface area contributed by atoms with Crippen LogP contribution in [0.5, 0.6) is 0 Å². The summed E-state index contributed by atoms with van der Waals surface area (Å²) >= 11 is 0. The van der Waals surface area contributed by atoms with Crippen LogP contribution in [-0.2, 0) is 9.53 Å². The van der Waals surface area contributed by atoms with Crippen molar-refractivity contribution < 1.29 is 9.53 Å². The van der Waals surface area contributed by atoms with Crippen molar-refractivity contribution in [2.24, 2.45) is 0 Å². The lowest BCUT2D eigenvalue weighted by atomic mass is 10.0. The van der Waals surface area contributed by atoms with Gasteiger partial charge in [-0.1, -0.05) is 25.2 Å². The SMILES string of the molecule is C=CC/C=C/CCC(C)(C)OC(=O)CC. The monoisotopic (exact) mass is 210 g/mol. The predicted octanol–water partition coefficient (Wildman–Crippen LogP) is 3.63. The molecule has 0 aromatic carbocycles. The summed E-state index contributed by atoms with van der Waals surface area (Å²) in [6, 6.07) is 0. The van der Waals surface area contributed by atoms with Crippen LogP contribution in [-0.4, -0.2) is 11.6 Å². The highest BCUT2D eigenvalue weighted by Crippen LogP contribution is 2.17. The molecule has 0 fully saturated rings. The number of hydrogen-bond donors (Lipinski definition) is 0. The van der Waals surface area contributed by atoms with Gasteiger partial charge < -0.3 is 4.74 Å². The second-order valence-corrected chi connectivity index (χ2v) is 4.12. The molecule has 0 heterocycles. The summed E-state index contributed by atoms with van der Waals surface area (Å²) in [5, 5.41) is 0. The highest BCUT2D eigenvalue weighted by atomic mass is 16.6. The van der Waals surface area contributed by atoms with E-state index >= 15 is 0 Å².